The summed E-state index contributed by atoms with van der Waals surface area (Å²) < 4.78 is 0. The van der Waals surface area contributed by atoms with Crippen molar-refractivity contribution in [3.05, 3.63) is 75.9 Å². The minimum Gasteiger partial charge on any atom is -0.382 e. The Balaban J connectivity index is 1.37. The fourth-order valence-electron chi connectivity index (χ4n) is 7.05. The third-order valence-corrected chi connectivity index (χ3v) is 9.67. The third-order valence-electron chi connectivity index (χ3n) is 9.67. The van der Waals surface area contributed by atoms with Crippen molar-refractivity contribution in [1.82, 2.24) is 9.80 Å². The number of benzene rings is 2. The van der Waals surface area contributed by atoms with Gasteiger partial charge in [-0.25, -0.2) is 0 Å². The molecule has 1 saturated heterocycles. The van der Waals surface area contributed by atoms with Gasteiger partial charge >= 0.3 is 0 Å². The topological polar surface area (TPSA) is 76.5 Å². The second kappa shape index (κ2) is 13.7. The molecule has 44 heavy (non-hydrogen) atoms. The standard InChI is InChI=1S/C38H50N4O2/c1-26-20-27(2)32(37(44)21-26)14-15-36(43)33-22-30(23-35(34(33)24-39)40-31-8-6-7-9-31)29-12-10-28(11-13-29)25-41-16-18-42(19-17-41)38(3,4)5/h10-13,20,22-24,31,39-40H,6-9,14-19,21,25H2,1-5H3. The van der Waals surface area contributed by atoms with Gasteiger partial charge in [-0.2, -0.15) is 0 Å². The van der Waals surface area contributed by atoms with Crippen molar-refractivity contribution in [1.29, 1.82) is 5.41 Å². The van der Waals surface area contributed by atoms with Crippen LogP contribution in [0, 0.1) is 5.41 Å². The molecule has 6 nitrogen and oxygen atoms in total. The monoisotopic (exact) mass is 594 g/mol. The second-order valence-corrected chi connectivity index (χ2v) is 14.1. The molecular weight excluding hydrogens is 544 g/mol. The van der Waals surface area contributed by atoms with Crippen LogP contribution in [0.2, 0.25) is 0 Å². The lowest BCUT2D eigenvalue weighted by atomic mass is 9.87. The normalized spacial score (nSPS) is 18.9. The number of rotatable bonds is 10. The van der Waals surface area contributed by atoms with E-state index in [0.29, 0.717) is 30.0 Å². The molecule has 0 radical (unpaired) electrons. The summed E-state index contributed by atoms with van der Waals surface area (Å²) in [7, 11) is 0. The van der Waals surface area contributed by atoms with Crippen LogP contribution in [0.5, 0.6) is 0 Å². The van der Waals surface area contributed by atoms with E-state index < -0.39 is 0 Å². The maximum atomic E-state index is 13.8. The van der Waals surface area contributed by atoms with Crippen molar-refractivity contribution in [2.24, 2.45) is 0 Å². The van der Waals surface area contributed by atoms with E-state index in [-0.39, 0.29) is 23.5 Å². The largest absolute Gasteiger partial charge is 0.382 e. The van der Waals surface area contributed by atoms with Crippen LogP contribution in [0.1, 0.15) is 101 Å². The van der Waals surface area contributed by atoms with Gasteiger partial charge in [0.1, 0.15) is 0 Å². The van der Waals surface area contributed by atoms with Gasteiger partial charge in [0.2, 0.25) is 0 Å². The number of carbonyl (C=O) groups is 2. The van der Waals surface area contributed by atoms with Crippen LogP contribution in [0.15, 0.2) is 59.2 Å². The Morgan fingerprint density at radius 3 is 2.30 bits per heavy atom. The molecule has 1 aliphatic heterocycles. The van der Waals surface area contributed by atoms with E-state index >= 15 is 0 Å². The Kier molecular flexibility index (Phi) is 10.0. The molecule has 2 fully saturated rings. The number of nitrogens with one attached hydrogen (secondary N) is 2. The summed E-state index contributed by atoms with van der Waals surface area (Å²) in [5, 5.41) is 12.0. The molecule has 5 rings (SSSR count). The molecule has 0 unspecified atom stereocenters. The predicted molar refractivity (Wildman–Crippen MR) is 182 cm³/mol. The highest BCUT2D eigenvalue weighted by Gasteiger charge is 2.26. The lowest BCUT2D eigenvalue weighted by Gasteiger charge is -2.42. The fraction of sp³-hybridized carbons (Fsp3) is 0.500. The molecule has 0 atom stereocenters. The summed E-state index contributed by atoms with van der Waals surface area (Å²) in [4.78, 5) is 31.6. The number of ketones is 2. The molecule has 2 aromatic rings. The highest BCUT2D eigenvalue weighted by Crippen LogP contribution is 2.33. The summed E-state index contributed by atoms with van der Waals surface area (Å²) in [6.45, 7) is 16.1. The van der Waals surface area contributed by atoms with Crippen molar-refractivity contribution in [2.75, 3.05) is 31.5 Å². The first-order chi connectivity index (χ1) is 21.0. The molecule has 234 valence electrons. The number of hydrogen-bond acceptors (Lipinski definition) is 6. The summed E-state index contributed by atoms with van der Waals surface area (Å²) in [6, 6.07) is 13.2. The van der Waals surface area contributed by atoms with Crippen LogP contribution in [0.25, 0.3) is 11.1 Å². The van der Waals surface area contributed by atoms with Crippen LogP contribution in [-0.4, -0.2) is 65.3 Å². The molecule has 0 spiro atoms. The SMILES string of the molecule is CC1=CC(C)=C(CCC(=O)c2cc(-c3ccc(CN4CCN(C(C)(C)C)CC4)cc3)cc(NC3CCCC3)c2C=N)C(=O)C1. The van der Waals surface area contributed by atoms with Crippen molar-refractivity contribution < 1.29 is 9.59 Å². The van der Waals surface area contributed by atoms with Gasteiger partial charge < -0.3 is 10.7 Å². The number of allylic oxidation sites excluding steroid dienone is 4. The van der Waals surface area contributed by atoms with Gasteiger partial charge in [-0.1, -0.05) is 48.8 Å². The zero-order valence-electron chi connectivity index (χ0n) is 27.4. The molecule has 0 bridgehead atoms. The molecule has 2 N–H and O–H groups in total. The van der Waals surface area contributed by atoms with Gasteiger partial charge in [-0.15, -0.1) is 0 Å². The molecule has 1 heterocycles. The van der Waals surface area contributed by atoms with Gasteiger partial charge in [0.05, 0.1) is 0 Å². The number of piperazine rings is 1. The van der Waals surface area contributed by atoms with Gasteiger partial charge in [0.15, 0.2) is 11.6 Å². The Bertz CT molecular complexity index is 1450. The van der Waals surface area contributed by atoms with Crippen LogP contribution in [0.3, 0.4) is 0 Å². The average Bonchev–Trinajstić information content (AvgIpc) is 3.49. The highest BCUT2D eigenvalue weighted by molar-refractivity contribution is 6.08. The summed E-state index contributed by atoms with van der Waals surface area (Å²) >= 11 is 0. The third kappa shape index (κ3) is 7.65. The maximum absolute atomic E-state index is 13.8. The number of Topliss-reactive ketones (excluding diaryl/α,β-unsaturated/α-hetero) is 2. The number of anilines is 1. The van der Waals surface area contributed by atoms with Gasteiger partial charge in [-0.3, -0.25) is 19.4 Å². The Morgan fingerprint density at radius 2 is 1.68 bits per heavy atom. The van der Waals surface area contributed by atoms with Crippen LogP contribution in [-0.2, 0) is 11.3 Å². The molecule has 0 aromatic heterocycles. The number of nitrogens with zero attached hydrogens (tertiary/aromatic N) is 2. The Labute approximate surface area is 264 Å². The summed E-state index contributed by atoms with van der Waals surface area (Å²) in [6.07, 6.45) is 9.10. The van der Waals surface area contributed by atoms with E-state index in [1.54, 1.807) is 0 Å². The molecule has 2 aliphatic carbocycles. The van der Waals surface area contributed by atoms with Crippen LogP contribution < -0.4 is 5.32 Å². The van der Waals surface area contributed by atoms with Crippen LogP contribution >= 0.6 is 0 Å². The maximum Gasteiger partial charge on any atom is 0.163 e. The first-order valence-corrected chi connectivity index (χ1v) is 16.5. The van der Waals surface area contributed by atoms with Crippen LogP contribution in [0.4, 0.5) is 5.69 Å². The first-order valence-electron chi connectivity index (χ1n) is 16.5. The zero-order chi connectivity index (χ0) is 31.4. The van der Waals surface area contributed by atoms with Crippen molar-refractivity contribution in [2.45, 2.75) is 97.7 Å². The highest BCUT2D eigenvalue weighted by atomic mass is 16.1. The summed E-state index contributed by atoms with van der Waals surface area (Å²) in [5.41, 5.74) is 8.41. The van der Waals surface area contributed by atoms with Gasteiger partial charge in [0, 0.05) is 80.2 Å². The minimum atomic E-state index is -0.0229. The quantitative estimate of drug-likeness (QED) is 0.217. The Hall–Kier alpha value is -3.35. The molecule has 2 aromatic carbocycles. The van der Waals surface area contributed by atoms with E-state index in [2.05, 4.69) is 72.3 Å². The fourth-order valence-corrected chi connectivity index (χ4v) is 7.05. The van der Waals surface area contributed by atoms with E-state index in [0.717, 1.165) is 79.1 Å². The number of carbonyl (C=O) groups excluding carboxylic acids is 2. The van der Waals surface area contributed by atoms with E-state index in [4.69, 9.17) is 5.41 Å². The van der Waals surface area contributed by atoms with Crippen molar-refractivity contribution in [3.8, 4) is 11.1 Å². The lowest BCUT2D eigenvalue weighted by Crippen LogP contribution is -2.53. The van der Waals surface area contributed by atoms with Gasteiger partial charge in [0.25, 0.3) is 0 Å². The average molecular weight is 595 g/mol. The molecule has 6 heteroatoms. The zero-order valence-corrected chi connectivity index (χ0v) is 27.4. The number of hydrogen-bond donors (Lipinski definition) is 2. The smallest absolute Gasteiger partial charge is 0.163 e. The second-order valence-electron chi connectivity index (χ2n) is 14.1. The molecule has 0 amide bonds. The van der Waals surface area contributed by atoms with E-state index in [9.17, 15) is 9.59 Å². The molecule has 3 aliphatic rings. The Morgan fingerprint density at radius 1 is 1.00 bits per heavy atom. The first kappa shape index (κ1) is 32.1. The minimum absolute atomic E-state index is 0.0229. The van der Waals surface area contributed by atoms with E-state index in [1.165, 1.54) is 24.6 Å². The van der Waals surface area contributed by atoms with E-state index in [1.807, 2.05) is 19.9 Å². The molecular formula is C38H50N4O2. The lowest BCUT2D eigenvalue weighted by molar-refractivity contribution is -0.115. The molecule has 1 saturated carbocycles. The van der Waals surface area contributed by atoms with Gasteiger partial charge in [-0.05, 0) is 93.9 Å². The van der Waals surface area contributed by atoms with Crippen molar-refractivity contribution >= 4 is 23.5 Å². The summed E-state index contributed by atoms with van der Waals surface area (Å²) in [5.74, 6) is 0.0984. The van der Waals surface area contributed by atoms with Crippen molar-refractivity contribution in [3.63, 3.8) is 0 Å². The predicted octanol–water partition coefficient (Wildman–Crippen LogP) is 7.82.